The molecule has 4 heteroatoms. The van der Waals surface area contributed by atoms with E-state index >= 15 is 0 Å². The smallest absolute Gasteiger partial charge is 0.159 e. The average Bonchev–Trinajstić information content (AvgIpc) is 2.83. The SMILES string of the molecule is CCCCn1c(-c2ccc(Br)cn2)nc2cc(C)ccc21. The molecule has 0 atom stereocenters. The van der Waals surface area contributed by atoms with Crippen LogP contribution in [0.5, 0.6) is 0 Å². The van der Waals surface area contributed by atoms with Gasteiger partial charge in [0, 0.05) is 17.2 Å². The Morgan fingerprint density at radius 2 is 2.05 bits per heavy atom. The van der Waals surface area contributed by atoms with E-state index in [0.29, 0.717) is 0 Å². The van der Waals surface area contributed by atoms with Crippen molar-refractivity contribution in [2.75, 3.05) is 0 Å². The fraction of sp³-hybridized carbons (Fsp3) is 0.294. The number of aryl methyl sites for hydroxylation is 2. The van der Waals surface area contributed by atoms with E-state index in [4.69, 9.17) is 4.98 Å². The van der Waals surface area contributed by atoms with Crippen LogP contribution < -0.4 is 0 Å². The van der Waals surface area contributed by atoms with Crippen molar-refractivity contribution in [1.29, 1.82) is 0 Å². The maximum Gasteiger partial charge on any atom is 0.159 e. The number of unbranched alkanes of at least 4 members (excludes halogenated alkanes) is 1. The Labute approximate surface area is 133 Å². The van der Waals surface area contributed by atoms with Gasteiger partial charge in [0.15, 0.2) is 5.82 Å². The Morgan fingerprint density at radius 3 is 2.76 bits per heavy atom. The number of halogens is 1. The van der Waals surface area contributed by atoms with Crippen LogP contribution in [0.3, 0.4) is 0 Å². The molecule has 0 radical (unpaired) electrons. The summed E-state index contributed by atoms with van der Waals surface area (Å²) < 4.78 is 3.27. The van der Waals surface area contributed by atoms with Crippen LogP contribution in [0.25, 0.3) is 22.6 Å². The lowest BCUT2D eigenvalue weighted by atomic mass is 10.2. The third-order valence-corrected chi connectivity index (χ3v) is 4.06. The van der Waals surface area contributed by atoms with Gasteiger partial charge in [-0.05, 0) is 59.1 Å². The molecule has 3 aromatic rings. The zero-order valence-corrected chi connectivity index (χ0v) is 13.9. The van der Waals surface area contributed by atoms with Gasteiger partial charge in [-0.1, -0.05) is 19.4 Å². The molecular weight excluding hydrogens is 326 g/mol. The zero-order chi connectivity index (χ0) is 14.8. The van der Waals surface area contributed by atoms with E-state index in [9.17, 15) is 0 Å². The lowest BCUT2D eigenvalue weighted by Crippen LogP contribution is -2.01. The minimum Gasteiger partial charge on any atom is -0.323 e. The van der Waals surface area contributed by atoms with Crippen LogP contribution in [0.1, 0.15) is 25.3 Å². The maximum absolute atomic E-state index is 4.81. The highest BCUT2D eigenvalue weighted by Gasteiger charge is 2.13. The molecule has 3 rings (SSSR count). The van der Waals surface area contributed by atoms with Crippen LogP contribution in [0.4, 0.5) is 0 Å². The van der Waals surface area contributed by atoms with Crippen molar-refractivity contribution in [1.82, 2.24) is 14.5 Å². The van der Waals surface area contributed by atoms with Gasteiger partial charge in [-0.15, -0.1) is 0 Å². The third kappa shape index (κ3) is 2.86. The molecule has 1 aromatic carbocycles. The summed E-state index contributed by atoms with van der Waals surface area (Å²) in [7, 11) is 0. The van der Waals surface area contributed by atoms with E-state index in [-0.39, 0.29) is 0 Å². The van der Waals surface area contributed by atoms with Gasteiger partial charge in [-0.25, -0.2) is 4.98 Å². The summed E-state index contributed by atoms with van der Waals surface area (Å²) in [5.41, 5.74) is 4.39. The van der Waals surface area contributed by atoms with Gasteiger partial charge < -0.3 is 4.57 Å². The first-order valence-corrected chi connectivity index (χ1v) is 8.07. The van der Waals surface area contributed by atoms with Crippen LogP contribution in [-0.4, -0.2) is 14.5 Å². The van der Waals surface area contributed by atoms with Gasteiger partial charge in [0.05, 0.1) is 11.0 Å². The number of pyridine rings is 1. The zero-order valence-electron chi connectivity index (χ0n) is 12.3. The Bertz CT molecular complexity index is 760. The van der Waals surface area contributed by atoms with Crippen LogP contribution in [0.15, 0.2) is 41.0 Å². The first-order chi connectivity index (χ1) is 10.2. The number of hydrogen-bond donors (Lipinski definition) is 0. The van der Waals surface area contributed by atoms with Crippen LogP contribution in [0.2, 0.25) is 0 Å². The van der Waals surface area contributed by atoms with Crippen LogP contribution >= 0.6 is 15.9 Å². The van der Waals surface area contributed by atoms with Crippen molar-refractivity contribution in [3.63, 3.8) is 0 Å². The van der Waals surface area contributed by atoms with E-state index in [0.717, 1.165) is 34.5 Å². The third-order valence-electron chi connectivity index (χ3n) is 3.60. The molecule has 2 aromatic heterocycles. The average molecular weight is 344 g/mol. The Balaban J connectivity index is 2.17. The number of rotatable bonds is 4. The molecule has 0 fully saturated rings. The van der Waals surface area contributed by atoms with Gasteiger partial charge in [0.25, 0.3) is 0 Å². The predicted molar refractivity (Wildman–Crippen MR) is 90.3 cm³/mol. The Morgan fingerprint density at radius 1 is 1.19 bits per heavy atom. The molecule has 2 heterocycles. The first kappa shape index (κ1) is 14.3. The maximum atomic E-state index is 4.81. The monoisotopic (exact) mass is 343 g/mol. The second-order valence-corrected chi connectivity index (χ2v) is 6.21. The second-order valence-electron chi connectivity index (χ2n) is 5.29. The number of benzene rings is 1. The van der Waals surface area contributed by atoms with E-state index in [1.807, 2.05) is 18.3 Å². The first-order valence-electron chi connectivity index (χ1n) is 7.28. The van der Waals surface area contributed by atoms with Crippen molar-refractivity contribution < 1.29 is 0 Å². The molecule has 0 unspecified atom stereocenters. The summed E-state index contributed by atoms with van der Waals surface area (Å²) in [5.74, 6) is 0.955. The molecule has 0 saturated carbocycles. The van der Waals surface area contributed by atoms with Gasteiger partial charge in [0.1, 0.15) is 5.69 Å². The topological polar surface area (TPSA) is 30.7 Å². The highest BCUT2D eigenvalue weighted by atomic mass is 79.9. The second kappa shape index (κ2) is 5.98. The molecular formula is C17H18BrN3. The molecule has 0 saturated heterocycles. The molecule has 21 heavy (non-hydrogen) atoms. The Kier molecular flexibility index (Phi) is 4.06. The van der Waals surface area contributed by atoms with Gasteiger partial charge in [-0.3, -0.25) is 4.98 Å². The molecule has 0 N–H and O–H groups in total. The normalized spacial score (nSPS) is 11.2. The highest BCUT2D eigenvalue weighted by molar-refractivity contribution is 9.10. The summed E-state index contributed by atoms with van der Waals surface area (Å²) in [5, 5.41) is 0. The minimum absolute atomic E-state index is 0.920. The van der Waals surface area contributed by atoms with Crippen LogP contribution in [0, 0.1) is 6.92 Å². The summed E-state index contributed by atoms with van der Waals surface area (Å²) in [6.45, 7) is 5.28. The molecule has 0 spiro atoms. The van der Waals surface area contributed by atoms with Gasteiger partial charge in [-0.2, -0.15) is 0 Å². The summed E-state index contributed by atoms with van der Waals surface area (Å²) in [4.78, 5) is 9.32. The minimum atomic E-state index is 0.920. The number of fused-ring (bicyclic) bond motifs is 1. The van der Waals surface area contributed by atoms with Crippen molar-refractivity contribution >= 4 is 27.0 Å². The molecule has 3 nitrogen and oxygen atoms in total. The van der Waals surface area contributed by atoms with Crippen molar-refractivity contribution in [2.45, 2.75) is 33.2 Å². The highest BCUT2D eigenvalue weighted by Crippen LogP contribution is 2.25. The van der Waals surface area contributed by atoms with Crippen molar-refractivity contribution in [3.8, 4) is 11.5 Å². The quantitative estimate of drug-likeness (QED) is 0.669. The largest absolute Gasteiger partial charge is 0.323 e. The van der Waals surface area contributed by atoms with E-state index in [2.05, 4.69) is 57.5 Å². The lowest BCUT2D eigenvalue weighted by molar-refractivity contribution is 0.650. The van der Waals surface area contributed by atoms with E-state index in [1.54, 1.807) is 0 Å². The number of aromatic nitrogens is 3. The van der Waals surface area contributed by atoms with Crippen molar-refractivity contribution in [3.05, 3.63) is 46.6 Å². The molecule has 0 aliphatic heterocycles. The molecule has 0 aliphatic carbocycles. The van der Waals surface area contributed by atoms with Gasteiger partial charge >= 0.3 is 0 Å². The van der Waals surface area contributed by atoms with Crippen LogP contribution in [-0.2, 0) is 6.54 Å². The molecule has 0 amide bonds. The number of nitrogens with zero attached hydrogens (tertiary/aromatic N) is 3. The molecule has 0 aliphatic rings. The fourth-order valence-electron chi connectivity index (χ4n) is 2.49. The molecule has 0 bridgehead atoms. The van der Waals surface area contributed by atoms with Gasteiger partial charge in [0.2, 0.25) is 0 Å². The standard InChI is InChI=1S/C17H18BrN3/c1-3-4-9-21-16-8-5-12(2)10-15(16)20-17(21)14-7-6-13(18)11-19-14/h5-8,10-11H,3-4,9H2,1-2H3. The molecule has 108 valence electrons. The lowest BCUT2D eigenvalue weighted by Gasteiger charge is -2.08. The fourth-order valence-corrected chi connectivity index (χ4v) is 2.72. The van der Waals surface area contributed by atoms with Crippen molar-refractivity contribution in [2.24, 2.45) is 0 Å². The summed E-state index contributed by atoms with van der Waals surface area (Å²) in [6, 6.07) is 10.5. The van der Waals surface area contributed by atoms with E-state index < -0.39 is 0 Å². The predicted octanol–water partition coefficient (Wildman–Crippen LogP) is 4.97. The number of imidazole rings is 1. The number of hydrogen-bond acceptors (Lipinski definition) is 2. The Hall–Kier alpha value is -1.68. The summed E-state index contributed by atoms with van der Waals surface area (Å²) in [6.07, 6.45) is 4.13. The van der Waals surface area contributed by atoms with E-state index in [1.165, 1.54) is 17.5 Å². The summed E-state index contributed by atoms with van der Waals surface area (Å²) >= 11 is 3.43.